The van der Waals surface area contributed by atoms with Gasteiger partial charge in [0.05, 0.1) is 0 Å². The number of aromatic hydroxyl groups is 1. The highest BCUT2D eigenvalue weighted by atomic mass is 35.5. The maximum atomic E-state index is 10.1. The maximum absolute atomic E-state index is 10.1. The van der Waals surface area contributed by atoms with Gasteiger partial charge in [0.1, 0.15) is 5.75 Å². The number of alkyl halides is 1. The Morgan fingerprint density at radius 1 is 1.00 bits per heavy atom. The minimum atomic E-state index is 0. The van der Waals surface area contributed by atoms with Gasteiger partial charge in [0.2, 0.25) is 0 Å². The molecule has 0 aromatic heterocycles. The third kappa shape index (κ3) is 3.75. The number of phenolic OH excluding ortho intramolecular Hbond substituents is 1. The van der Waals surface area contributed by atoms with Crippen LogP contribution in [0.1, 0.15) is 17.0 Å². The second-order valence-electron chi connectivity index (χ2n) is 5.76. The van der Waals surface area contributed by atoms with E-state index >= 15 is 0 Å². The van der Waals surface area contributed by atoms with Crippen LogP contribution in [0.15, 0.2) is 54.6 Å². The molecule has 1 aliphatic heterocycles. The molecule has 118 valence electrons. The zero-order valence-corrected chi connectivity index (χ0v) is 13.9. The molecule has 1 fully saturated rings. The SMILES string of the molecule is Cl.Oc1ccccc1[C@@H]1CN(Cc2ccccc2)C[C@H]1CCl. The van der Waals surface area contributed by atoms with Crippen molar-refractivity contribution in [3.8, 4) is 5.75 Å². The summed E-state index contributed by atoms with van der Waals surface area (Å²) in [5.41, 5.74) is 2.35. The molecular formula is C18H21Cl2NO. The van der Waals surface area contributed by atoms with Gasteiger partial charge in [-0.3, -0.25) is 4.90 Å². The second-order valence-corrected chi connectivity index (χ2v) is 6.07. The van der Waals surface area contributed by atoms with Gasteiger partial charge in [-0.15, -0.1) is 24.0 Å². The fourth-order valence-corrected chi connectivity index (χ4v) is 3.55. The van der Waals surface area contributed by atoms with Gasteiger partial charge >= 0.3 is 0 Å². The van der Waals surface area contributed by atoms with E-state index in [2.05, 4.69) is 29.2 Å². The predicted octanol–water partition coefficient (Wildman–Crippen LogP) is 4.27. The van der Waals surface area contributed by atoms with Crippen LogP contribution in [0.3, 0.4) is 0 Å². The first-order valence-electron chi connectivity index (χ1n) is 7.38. The Balaban J connectivity index is 0.00000176. The normalized spacial score (nSPS) is 21.5. The molecule has 22 heavy (non-hydrogen) atoms. The third-order valence-corrected chi connectivity index (χ3v) is 4.70. The van der Waals surface area contributed by atoms with Gasteiger partial charge in [-0.05, 0) is 23.1 Å². The summed E-state index contributed by atoms with van der Waals surface area (Å²) >= 11 is 6.16. The lowest BCUT2D eigenvalue weighted by Gasteiger charge is -2.17. The monoisotopic (exact) mass is 337 g/mol. The van der Waals surface area contributed by atoms with Crippen molar-refractivity contribution in [2.24, 2.45) is 5.92 Å². The molecule has 0 spiro atoms. The van der Waals surface area contributed by atoms with Crippen LogP contribution in [0.25, 0.3) is 0 Å². The van der Waals surface area contributed by atoms with Crippen molar-refractivity contribution in [1.82, 2.24) is 4.90 Å². The minimum absolute atomic E-state index is 0. The first-order chi connectivity index (χ1) is 10.3. The average molecular weight is 338 g/mol. The topological polar surface area (TPSA) is 23.5 Å². The molecule has 2 atom stereocenters. The number of para-hydroxylation sites is 1. The number of rotatable bonds is 4. The first kappa shape index (κ1) is 17.1. The highest BCUT2D eigenvalue weighted by Gasteiger charge is 2.34. The minimum Gasteiger partial charge on any atom is -0.508 e. The Hall–Kier alpha value is -1.22. The molecule has 1 aliphatic rings. The number of likely N-dealkylation sites (tertiary alicyclic amines) is 1. The van der Waals surface area contributed by atoms with Crippen molar-refractivity contribution in [2.45, 2.75) is 12.5 Å². The Morgan fingerprint density at radius 2 is 1.68 bits per heavy atom. The molecule has 2 aromatic rings. The molecule has 0 radical (unpaired) electrons. The van der Waals surface area contributed by atoms with Crippen LogP contribution in [0.2, 0.25) is 0 Å². The summed E-state index contributed by atoms with van der Waals surface area (Å²) in [5, 5.41) is 10.1. The summed E-state index contributed by atoms with van der Waals surface area (Å²) in [6.07, 6.45) is 0. The summed E-state index contributed by atoms with van der Waals surface area (Å²) in [5.74, 6) is 1.72. The van der Waals surface area contributed by atoms with E-state index in [4.69, 9.17) is 11.6 Å². The second kappa shape index (κ2) is 7.87. The summed E-state index contributed by atoms with van der Waals surface area (Å²) in [4.78, 5) is 2.43. The predicted molar refractivity (Wildman–Crippen MR) is 94.0 cm³/mol. The van der Waals surface area contributed by atoms with Crippen LogP contribution in [-0.4, -0.2) is 29.0 Å². The summed E-state index contributed by atoms with van der Waals surface area (Å²) in [6.45, 7) is 2.87. The summed E-state index contributed by atoms with van der Waals surface area (Å²) in [6, 6.07) is 18.1. The molecule has 0 saturated carbocycles. The van der Waals surface area contributed by atoms with Crippen LogP contribution in [0, 0.1) is 5.92 Å². The van der Waals surface area contributed by atoms with Crippen molar-refractivity contribution in [3.63, 3.8) is 0 Å². The summed E-state index contributed by atoms with van der Waals surface area (Å²) < 4.78 is 0. The number of nitrogens with zero attached hydrogens (tertiary/aromatic N) is 1. The molecule has 0 aliphatic carbocycles. The lowest BCUT2D eigenvalue weighted by molar-refractivity contribution is 0.319. The molecule has 0 amide bonds. The van der Waals surface area contributed by atoms with Gasteiger partial charge in [-0.2, -0.15) is 0 Å². The molecule has 2 aromatic carbocycles. The Kier molecular flexibility index (Phi) is 6.13. The molecule has 1 heterocycles. The highest BCUT2D eigenvalue weighted by Crippen LogP contribution is 2.37. The van der Waals surface area contributed by atoms with Gasteiger partial charge < -0.3 is 5.11 Å². The first-order valence-corrected chi connectivity index (χ1v) is 7.91. The van der Waals surface area contributed by atoms with Gasteiger partial charge in [-0.25, -0.2) is 0 Å². The van der Waals surface area contributed by atoms with Crippen LogP contribution in [0.4, 0.5) is 0 Å². The zero-order valence-electron chi connectivity index (χ0n) is 12.4. The molecule has 2 nitrogen and oxygen atoms in total. The standard InChI is InChI=1S/C18H20ClNO.ClH/c19-10-15-12-20(11-14-6-2-1-3-7-14)13-17(15)16-8-4-5-9-18(16)21;/h1-9,15,17,21H,10-13H2;1H/t15-,17-;/m1./s1. The van der Waals surface area contributed by atoms with E-state index in [0.717, 1.165) is 25.2 Å². The van der Waals surface area contributed by atoms with Crippen LogP contribution in [0.5, 0.6) is 5.75 Å². The molecule has 3 rings (SSSR count). The molecule has 0 unspecified atom stereocenters. The molecule has 1 saturated heterocycles. The van der Waals surface area contributed by atoms with Crippen molar-refractivity contribution < 1.29 is 5.11 Å². The molecular weight excluding hydrogens is 317 g/mol. The number of hydrogen-bond donors (Lipinski definition) is 1. The zero-order chi connectivity index (χ0) is 14.7. The fourth-order valence-electron chi connectivity index (χ4n) is 3.24. The number of benzene rings is 2. The van der Waals surface area contributed by atoms with Gasteiger partial charge in [0, 0.05) is 31.4 Å². The van der Waals surface area contributed by atoms with E-state index in [1.807, 2.05) is 24.3 Å². The Labute approximate surface area is 143 Å². The van der Waals surface area contributed by atoms with Gasteiger partial charge in [0.25, 0.3) is 0 Å². The maximum Gasteiger partial charge on any atom is 0.119 e. The number of hydrogen-bond acceptors (Lipinski definition) is 2. The van der Waals surface area contributed by atoms with Crippen LogP contribution >= 0.6 is 24.0 Å². The number of phenols is 1. The summed E-state index contributed by atoms with van der Waals surface area (Å²) in [7, 11) is 0. The lowest BCUT2D eigenvalue weighted by atomic mass is 9.89. The Bertz CT molecular complexity index is 591. The molecule has 0 bridgehead atoms. The highest BCUT2D eigenvalue weighted by molar-refractivity contribution is 6.18. The van der Waals surface area contributed by atoms with Crippen molar-refractivity contribution in [1.29, 1.82) is 0 Å². The van der Waals surface area contributed by atoms with E-state index in [9.17, 15) is 5.11 Å². The van der Waals surface area contributed by atoms with Gasteiger partial charge in [-0.1, -0.05) is 48.5 Å². The Morgan fingerprint density at radius 3 is 2.36 bits per heavy atom. The number of halogens is 2. The molecule has 4 heteroatoms. The quantitative estimate of drug-likeness (QED) is 0.842. The molecule has 1 N–H and O–H groups in total. The third-order valence-electron chi connectivity index (χ3n) is 4.30. The van der Waals surface area contributed by atoms with E-state index in [1.54, 1.807) is 6.07 Å². The van der Waals surface area contributed by atoms with E-state index in [-0.39, 0.29) is 12.4 Å². The average Bonchev–Trinajstić information content (AvgIpc) is 2.91. The fraction of sp³-hybridized carbons (Fsp3) is 0.333. The smallest absolute Gasteiger partial charge is 0.119 e. The van der Waals surface area contributed by atoms with Gasteiger partial charge in [0.15, 0.2) is 0 Å². The largest absolute Gasteiger partial charge is 0.508 e. The van der Waals surface area contributed by atoms with E-state index in [1.165, 1.54) is 5.56 Å². The van der Waals surface area contributed by atoms with Crippen LogP contribution in [-0.2, 0) is 6.54 Å². The van der Waals surface area contributed by atoms with E-state index < -0.39 is 0 Å². The van der Waals surface area contributed by atoms with Crippen molar-refractivity contribution in [3.05, 3.63) is 65.7 Å². The lowest BCUT2D eigenvalue weighted by Crippen LogP contribution is -2.20. The van der Waals surface area contributed by atoms with Crippen molar-refractivity contribution in [2.75, 3.05) is 19.0 Å². The van der Waals surface area contributed by atoms with Crippen LogP contribution < -0.4 is 0 Å². The van der Waals surface area contributed by atoms with E-state index in [0.29, 0.717) is 23.5 Å². The van der Waals surface area contributed by atoms with Crippen molar-refractivity contribution >= 4 is 24.0 Å².